The number of rotatable bonds is 17. The second-order valence-corrected chi connectivity index (χ2v) is 13.6. The van der Waals surface area contributed by atoms with Crippen molar-refractivity contribution >= 4 is 30.0 Å². The van der Waals surface area contributed by atoms with E-state index in [1.165, 1.54) is 7.11 Å². The molecule has 0 fully saturated rings. The van der Waals surface area contributed by atoms with Crippen molar-refractivity contribution in [2.24, 2.45) is 11.8 Å². The molecule has 0 bridgehead atoms. The second-order valence-electron chi connectivity index (χ2n) is 13.6. The molecular formula is C37H54N4O8. The van der Waals surface area contributed by atoms with Crippen LogP contribution in [0.25, 0.3) is 0 Å². The summed E-state index contributed by atoms with van der Waals surface area (Å²) < 4.78 is 15.9. The Morgan fingerprint density at radius 1 is 0.755 bits per heavy atom. The third-order valence-corrected chi connectivity index (χ3v) is 7.73. The summed E-state index contributed by atoms with van der Waals surface area (Å²) in [6, 6.07) is 14.7. The second kappa shape index (κ2) is 20.0. The molecule has 0 heterocycles. The van der Waals surface area contributed by atoms with Crippen LogP contribution in [0.2, 0.25) is 0 Å². The molecule has 2 aromatic carbocycles. The number of methoxy groups -OCH3 is 1. The highest BCUT2D eigenvalue weighted by Gasteiger charge is 2.34. The zero-order valence-corrected chi connectivity index (χ0v) is 30.0. The van der Waals surface area contributed by atoms with Crippen molar-refractivity contribution in [2.75, 3.05) is 7.11 Å². The van der Waals surface area contributed by atoms with Crippen molar-refractivity contribution in [1.82, 2.24) is 21.3 Å². The zero-order valence-electron chi connectivity index (χ0n) is 30.0. The Morgan fingerprint density at radius 3 is 1.86 bits per heavy atom. The predicted octanol–water partition coefficient (Wildman–Crippen LogP) is 5.04. The maximum Gasteiger partial charge on any atom is 0.407 e. The van der Waals surface area contributed by atoms with E-state index in [-0.39, 0.29) is 31.3 Å². The highest BCUT2D eigenvalue weighted by atomic mass is 16.6. The standard InChI is InChI=1S/C37H54N4O8/c1-9-25(4)32(33(43)38-30(20-24(2)3)34(44)47-8)41-31(42)22-29(39-35(45)48-23-27-18-14-11-15-19-27)28(21-26-16-12-10-13-17-26)40-36(46)49-37(5,6)7/h10-19,24-25,28-30,32H,9,20-23H2,1-8H3,(H,38,43)(H,39,45)(H,40,46)(H,41,42)/t25-,28-,29-,30-,32-/m0/s1. The maximum absolute atomic E-state index is 13.8. The quantitative estimate of drug-likeness (QED) is 0.133. The number of hydrogen-bond acceptors (Lipinski definition) is 8. The summed E-state index contributed by atoms with van der Waals surface area (Å²) in [6.45, 7) is 12.7. The smallest absolute Gasteiger partial charge is 0.407 e. The van der Waals surface area contributed by atoms with Crippen LogP contribution in [0, 0.1) is 11.8 Å². The first kappa shape index (κ1) is 40.6. The van der Waals surface area contributed by atoms with E-state index in [1.54, 1.807) is 20.8 Å². The van der Waals surface area contributed by atoms with Crippen molar-refractivity contribution in [1.29, 1.82) is 0 Å². The average Bonchev–Trinajstić information content (AvgIpc) is 3.04. The molecule has 270 valence electrons. The van der Waals surface area contributed by atoms with Gasteiger partial charge in [-0.2, -0.15) is 0 Å². The molecule has 4 amide bonds. The van der Waals surface area contributed by atoms with E-state index < -0.39 is 59.7 Å². The van der Waals surface area contributed by atoms with Crippen molar-refractivity contribution in [2.45, 2.75) is 111 Å². The summed E-state index contributed by atoms with van der Waals surface area (Å²) in [6.07, 6.45) is -0.697. The number of ether oxygens (including phenoxy) is 3. The van der Waals surface area contributed by atoms with Crippen molar-refractivity contribution in [3.63, 3.8) is 0 Å². The molecule has 5 atom stereocenters. The van der Waals surface area contributed by atoms with E-state index in [1.807, 2.05) is 88.4 Å². The maximum atomic E-state index is 13.8. The Hall–Kier alpha value is -4.61. The van der Waals surface area contributed by atoms with Gasteiger partial charge in [-0.25, -0.2) is 14.4 Å². The summed E-state index contributed by atoms with van der Waals surface area (Å²) in [5.74, 6) is -1.88. The lowest BCUT2D eigenvalue weighted by Gasteiger charge is -2.31. The molecule has 0 aliphatic rings. The van der Waals surface area contributed by atoms with Crippen LogP contribution in [0.5, 0.6) is 0 Å². The van der Waals surface area contributed by atoms with E-state index in [2.05, 4.69) is 21.3 Å². The van der Waals surface area contributed by atoms with Gasteiger partial charge >= 0.3 is 18.2 Å². The first-order valence-electron chi connectivity index (χ1n) is 16.8. The molecule has 0 saturated carbocycles. The minimum Gasteiger partial charge on any atom is -0.467 e. The van der Waals surface area contributed by atoms with Gasteiger partial charge in [-0.05, 0) is 56.6 Å². The Labute approximate surface area is 290 Å². The fraction of sp³-hybridized carbons (Fsp3) is 0.541. The number of alkyl carbamates (subject to hydrolysis) is 2. The number of carbonyl (C=O) groups excluding carboxylic acids is 5. The van der Waals surface area contributed by atoms with Crippen LogP contribution in [0.3, 0.4) is 0 Å². The first-order valence-corrected chi connectivity index (χ1v) is 16.8. The Morgan fingerprint density at radius 2 is 1.33 bits per heavy atom. The Kier molecular flexibility index (Phi) is 16.6. The molecule has 0 spiro atoms. The van der Waals surface area contributed by atoms with Gasteiger partial charge in [-0.1, -0.05) is 94.8 Å². The van der Waals surface area contributed by atoms with E-state index in [9.17, 15) is 24.0 Å². The topological polar surface area (TPSA) is 161 Å². The van der Waals surface area contributed by atoms with Crippen molar-refractivity contribution in [3.8, 4) is 0 Å². The number of amides is 4. The van der Waals surface area contributed by atoms with Crippen LogP contribution in [-0.2, 0) is 41.6 Å². The zero-order chi connectivity index (χ0) is 36.6. The molecule has 49 heavy (non-hydrogen) atoms. The van der Waals surface area contributed by atoms with Crippen LogP contribution in [0.15, 0.2) is 60.7 Å². The molecule has 2 rings (SSSR count). The minimum atomic E-state index is -0.992. The van der Waals surface area contributed by atoms with Gasteiger partial charge in [0.05, 0.1) is 19.2 Å². The molecule has 0 radical (unpaired) electrons. The van der Waals surface area contributed by atoms with Gasteiger partial charge < -0.3 is 35.5 Å². The van der Waals surface area contributed by atoms with Crippen LogP contribution in [0.4, 0.5) is 9.59 Å². The van der Waals surface area contributed by atoms with Crippen molar-refractivity contribution in [3.05, 3.63) is 71.8 Å². The van der Waals surface area contributed by atoms with Crippen LogP contribution < -0.4 is 21.3 Å². The van der Waals surface area contributed by atoms with Crippen LogP contribution in [0.1, 0.15) is 78.9 Å². The lowest BCUT2D eigenvalue weighted by molar-refractivity contribution is -0.146. The van der Waals surface area contributed by atoms with Crippen molar-refractivity contribution < 1.29 is 38.2 Å². The third kappa shape index (κ3) is 15.4. The molecule has 12 heteroatoms. The summed E-state index contributed by atoms with van der Waals surface area (Å²) >= 11 is 0. The molecule has 0 unspecified atom stereocenters. The van der Waals surface area contributed by atoms with Crippen LogP contribution >= 0.6 is 0 Å². The number of carbonyl (C=O) groups is 5. The fourth-order valence-corrected chi connectivity index (χ4v) is 5.05. The Bertz CT molecular complexity index is 1350. The summed E-state index contributed by atoms with van der Waals surface area (Å²) in [4.78, 5) is 65.9. The van der Waals surface area contributed by atoms with E-state index in [0.29, 0.717) is 12.8 Å². The van der Waals surface area contributed by atoms with Gasteiger partial charge in [-0.3, -0.25) is 9.59 Å². The Balaban J connectivity index is 2.38. The van der Waals surface area contributed by atoms with Crippen LogP contribution in [-0.4, -0.2) is 66.8 Å². The number of nitrogens with one attached hydrogen (secondary N) is 4. The molecule has 0 aliphatic carbocycles. The molecule has 4 N–H and O–H groups in total. The third-order valence-electron chi connectivity index (χ3n) is 7.73. The molecule has 0 aliphatic heterocycles. The van der Waals surface area contributed by atoms with E-state index >= 15 is 0 Å². The molecule has 12 nitrogen and oxygen atoms in total. The van der Waals surface area contributed by atoms with Gasteiger partial charge in [0.2, 0.25) is 11.8 Å². The number of benzene rings is 2. The summed E-state index contributed by atoms with van der Waals surface area (Å²) in [5, 5.41) is 11.2. The molecule has 2 aromatic rings. The number of esters is 1. The lowest BCUT2D eigenvalue weighted by atomic mass is 9.94. The SMILES string of the molecule is CC[C@H](C)[C@H](NC(=O)C[C@H](NC(=O)OCc1ccccc1)[C@H](Cc1ccccc1)NC(=O)OC(C)(C)C)C(=O)N[C@@H](CC(C)C)C(=O)OC. The van der Waals surface area contributed by atoms with E-state index in [0.717, 1.165) is 11.1 Å². The average molecular weight is 683 g/mol. The van der Waals surface area contributed by atoms with Gasteiger partial charge in [0, 0.05) is 6.42 Å². The fourth-order valence-electron chi connectivity index (χ4n) is 5.05. The predicted molar refractivity (Wildman–Crippen MR) is 186 cm³/mol. The van der Waals surface area contributed by atoms with Gasteiger partial charge in [0.1, 0.15) is 24.3 Å². The first-order chi connectivity index (χ1) is 23.1. The minimum absolute atomic E-state index is 0.0115. The van der Waals surface area contributed by atoms with E-state index in [4.69, 9.17) is 14.2 Å². The largest absolute Gasteiger partial charge is 0.467 e. The molecular weight excluding hydrogens is 628 g/mol. The lowest BCUT2D eigenvalue weighted by Crippen LogP contribution is -2.57. The highest BCUT2D eigenvalue weighted by Crippen LogP contribution is 2.15. The molecule has 0 saturated heterocycles. The highest BCUT2D eigenvalue weighted by molar-refractivity contribution is 5.91. The molecule has 0 aromatic heterocycles. The van der Waals surface area contributed by atoms with Gasteiger partial charge in [0.25, 0.3) is 0 Å². The summed E-state index contributed by atoms with van der Waals surface area (Å²) in [7, 11) is 1.25. The summed E-state index contributed by atoms with van der Waals surface area (Å²) in [5.41, 5.74) is 0.805. The number of hydrogen-bond donors (Lipinski definition) is 4. The van der Waals surface area contributed by atoms with Gasteiger partial charge in [0.15, 0.2) is 0 Å². The monoisotopic (exact) mass is 682 g/mol. The van der Waals surface area contributed by atoms with Gasteiger partial charge in [-0.15, -0.1) is 0 Å². The normalized spacial score (nSPS) is 14.3.